The molecule has 1 amide bonds. The van der Waals surface area contributed by atoms with E-state index in [9.17, 15) is 4.79 Å². The van der Waals surface area contributed by atoms with Gasteiger partial charge in [-0.2, -0.15) is 0 Å². The molecule has 2 fully saturated rings. The van der Waals surface area contributed by atoms with Gasteiger partial charge in [-0.15, -0.1) is 5.12 Å². The number of carbonyl (C=O) groups is 1. The van der Waals surface area contributed by atoms with Crippen LogP contribution in [-0.4, -0.2) is 28.2 Å². The number of rotatable bonds is 7. The summed E-state index contributed by atoms with van der Waals surface area (Å²) in [5, 5.41) is 3.86. The van der Waals surface area contributed by atoms with Gasteiger partial charge in [0.15, 0.2) is 0 Å². The van der Waals surface area contributed by atoms with Crippen molar-refractivity contribution in [2.75, 3.05) is 0 Å². The van der Waals surface area contributed by atoms with Crippen molar-refractivity contribution in [1.82, 2.24) is 15.6 Å². The van der Waals surface area contributed by atoms with Gasteiger partial charge >= 0.3 is 0 Å². The molecule has 4 atom stereocenters. The fraction of sp³-hybridized carbons (Fsp3) is 0.450. The molecule has 0 spiro atoms. The Bertz CT molecular complexity index is 638. The first-order valence-corrected chi connectivity index (χ1v) is 8.94. The summed E-state index contributed by atoms with van der Waals surface area (Å²) in [5.41, 5.74) is 5.43. The molecular weight excluding hydrogens is 298 g/mol. The highest BCUT2D eigenvalue weighted by Gasteiger charge is 2.61. The van der Waals surface area contributed by atoms with Crippen molar-refractivity contribution in [3.05, 3.63) is 59.7 Å². The Labute approximate surface area is 144 Å². The van der Waals surface area contributed by atoms with Crippen LogP contribution >= 0.6 is 0 Å². The van der Waals surface area contributed by atoms with Gasteiger partial charge in [-0.05, 0) is 31.7 Å². The fourth-order valence-electron chi connectivity index (χ4n) is 3.45. The van der Waals surface area contributed by atoms with Crippen molar-refractivity contribution in [2.45, 2.75) is 58.2 Å². The minimum absolute atomic E-state index is 0.169. The molecule has 2 heterocycles. The molecule has 2 saturated heterocycles. The first-order chi connectivity index (χ1) is 11.7. The molecule has 4 unspecified atom stereocenters. The zero-order valence-corrected chi connectivity index (χ0v) is 14.8. The molecule has 0 radical (unpaired) electrons. The Morgan fingerprint density at radius 1 is 1.25 bits per heavy atom. The summed E-state index contributed by atoms with van der Waals surface area (Å²) in [6.07, 6.45) is 9.76. The lowest BCUT2D eigenvalue weighted by Gasteiger charge is -2.40. The van der Waals surface area contributed by atoms with Gasteiger partial charge < -0.3 is 0 Å². The molecule has 2 aliphatic rings. The van der Waals surface area contributed by atoms with E-state index >= 15 is 0 Å². The van der Waals surface area contributed by atoms with E-state index in [4.69, 9.17) is 0 Å². The Morgan fingerprint density at radius 2 is 2.00 bits per heavy atom. The summed E-state index contributed by atoms with van der Waals surface area (Å²) in [6, 6.07) is 10.4. The summed E-state index contributed by atoms with van der Waals surface area (Å²) >= 11 is 0. The fourth-order valence-corrected chi connectivity index (χ4v) is 3.45. The number of nitrogens with zero attached hydrogens (tertiary/aromatic N) is 2. The van der Waals surface area contributed by atoms with Crippen molar-refractivity contribution in [1.29, 1.82) is 0 Å². The number of carbonyl (C=O) groups excluding carboxylic acids is 1. The number of hydrogen-bond donors (Lipinski definition) is 1. The number of allylic oxidation sites excluding steroid dienone is 3. The van der Waals surface area contributed by atoms with E-state index < -0.39 is 0 Å². The normalized spacial score (nSPS) is 26.9. The maximum Gasteiger partial charge on any atom is 0.250 e. The predicted molar refractivity (Wildman–Crippen MR) is 96.7 cm³/mol. The lowest BCUT2D eigenvalue weighted by molar-refractivity contribution is -0.160. The number of amides is 1. The quantitative estimate of drug-likeness (QED) is 0.613. The zero-order valence-electron chi connectivity index (χ0n) is 14.8. The highest BCUT2D eigenvalue weighted by Crippen LogP contribution is 2.39. The minimum Gasteiger partial charge on any atom is -0.272 e. The van der Waals surface area contributed by atoms with Crippen LogP contribution in [0.4, 0.5) is 0 Å². The molecule has 24 heavy (non-hydrogen) atoms. The lowest BCUT2D eigenvalue weighted by atomic mass is 9.89. The number of nitrogens with one attached hydrogen (secondary N) is 1. The van der Waals surface area contributed by atoms with Crippen LogP contribution in [-0.2, 0) is 4.79 Å². The third-order valence-electron chi connectivity index (χ3n) is 4.83. The van der Waals surface area contributed by atoms with Crippen LogP contribution in [0.3, 0.4) is 0 Å². The van der Waals surface area contributed by atoms with Gasteiger partial charge in [-0.3, -0.25) is 9.80 Å². The average molecular weight is 325 g/mol. The van der Waals surface area contributed by atoms with Crippen LogP contribution in [0.2, 0.25) is 0 Å². The largest absolute Gasteiger partial charge is 0.272 e. The molecule has 4 heteroatoms. The highest BCUT2D eigenvalue weighted by molar-refractivity contribution is 5.87. The van der Waals surface area contributed by atoms with Gasteiger partial charge in [0.05, 0.1) is 12.0 Å². The van der Waals surface area contributed by atoms with E-state index in [1.807, 2.05) is 28.3 Å². The smallest absolute Gasteiger partial charge is 0.250 e. The van der Waals surface area contributed by atoms with Crippen molar-refractivity contribution in [2.24, 2.45) is 0 Å². The summed E-state index contributed by atoms with van der Waals surface area (Å²) in [6.45, 7) is 6.34. The summed E-state index contributed by atoms with van der Waals surface area (Å²) in [4.78, 5) is 13.2. The van der Waals surface area contributed by atoms with E-state index in [-0.39, 0.29) is 17.9 Å². The Balaban J connectivity index is 1.82. The van der Waals surface area contributed by atoms with E-state index in [1.165, 1.54) is 0 Å². The molecule has 0 aliphatic carbocycles. The van der Waals surface area contributed by atoms with Gasteiger partial charge in [0.2, 0.25) is 5.91 Å². The second-order valence-electron chi connectivity index (χ2n) is 6.48. The van der Waals surface area contributed by atoms with Gasteiger partial charge in [0.1, 0.15) is 6.17 Å². The van der Waals surface area contributed by atoms with Crippen molar-refractivity contribution < 1.29 is 4.79 Å². The number of fused-ring (bicyclic) bond motifs is 1. The van der Waals surface area contributed by atoms with E-state index in [1.54, 1.807) is 0 Å². The molecular formula is C20H27N3O. The molecule has 3 rings (SSSR count). The first kappa shape index (κ1) is 16.9. The monoisotopic (exact) mass is 325 g/mol. The van der Waals surface area contributed by atoms with Crippen molar-refractivity contribution in [3.8, 4) is 0 Å². The molecule has 2 aliphatic heterocycles. The average Bonchev–Trinajstić information content (AvgIpc) is 3.27. The number of hydrazine groups is 2. The summed E-state index contributed by atoms with van der Waals surface area (Å²) in [5.74, 6) is -0.0406. The van der Waals surface area contributed by atoms with Crippen molar-refractivity contribution in [3.63, 3.8) is 0 Å². The molecule has 1 aromatic rings. The Morgan fingerprint density at radius 3 is 2.67 bits per heavy atom. The molecule has 0 aromatic heterocycles. The minimum atomic E-state index is -0.210. The topological polar surface area (TPSA) is 45.3 Å². The van der Waals surface area contributed by atoms with E-state index in [2.05, 4.69) is 56.6 Å². The second kappa shape index (κ2) is 7.32. The molecule has 0 saturated carbocycles. The predicted octanol–water partition coefficient (Wildman–Crippen LogP) is 3.75. The standard InChI is InChI=1S/C20H27N3O/c1-4-6-7-9-12-15(3)18(16-13-10-8-11-14-16)20(24)22-17(5-2)19-21-23(19)22/h6-8,10-14,17-19,21H,4-5,9H2,1-3H3/b7-6-,15-12+. The van der Waals surface area contributed by atoms with Gasteiger partial charge in [0, 0.05) is 0 Å². The van der Waals surface area contributed by atoms with Gasteiger partial charge in [-0.25, -0.2) is 5.43 Å². The Hall–Kier alpha value is -1.91. The maximum absolute atomic E-state index is 13.2. The lowest BCUT2D eigenvalue weighted by Crippen LogP contribution is -2.58. The SMILES string of the molecule is CC/C=C\C/C=C(\C)C(C(=O)N1C(CC)C2NN21)c1ccccc1. The molecule has 1 aromatic carbocycles. The first-order valence-electron chi connectivity index (χ1n) is 8.94. The van der Waals surface area contributed by atoms with Gasteiger partial charge in [0.25, 0.3) is 0 Å². The third-order valence-corrected chi connectivity index (χ3v) is 4.83. The molecule has 1 N–H and O–H groups in total. The van der Waals surface area contributed by atoms with Crippen LogP contribution in [0.25, 0.3) is 0 Å². The second-order valence-corrected chi connectivity index (χ2v) is 6.48. The summed E-state index contributed by atoms with van der Waals surface area (Å²) in [7, 11) is 0. The van der Waals surface area contributed by atoms with Crippen LogP contribution in [0.1, 0.15) is 51.5 Å². The van der Waals surface area contributed by atoms with Crippen molar-refractivity contribution >= 4 is 5.91 Å². The van der Waals surface area contributed by atoms with Crippen LogP contribution < -0.4 is 5.43 Å². The number of benzene rings is 1. The van der Waals surface area contributed by atoms with Crippen LogP contribution in [0, 0.1) is 0 Å². The van der Waals surface area contributed by atoms with Crippen LogP contribution in [0.5, 0.6) is 0 Å². The zero-order chi connectivity index (χ0) is 17.1. The highest BCUT2D eigenvalue weighted by atomic mass is 16.2. The molecule has 128 valence electrons. The van der Waals surface area contributed by atoms with Gasteiger partial charge in [-0.1, -0.05) is 68.0 Å². The van der Waals surface area contributed by atoms with Crippen LogP contribution in [0.15, 0.2) is 54.1 Å². The summed E-state index contributed by atoms with van der Waals surface area (Å²) < 4.78 is 0. The Kier molecular flexibility index (Phi) is 5.17. The number of hydrogen-bond acceptors (Lipinski definition) is 3. The third kappa shape index (κ3) is 3.17. The molecule has 4 nitrogen and oxygen atoms in total. The molecule has 0 bridgehead atoms. The van der Waals surface area contributed by atoms with E-state index in [0.29, 0.717) is 6.17 Å². The van der Waals surface area contributed by atoms with E-state index in [0.717, 1.165) is 30.4 Å². The maximum atomic E-state index is 13.2.